The van der Waals surface area contributed by atoms with Gasteiger partial charge < -0.3 is 14.0 Å². The Morgan fingerprint density at radius 1 is 1.23 bits per heavy atom. The standard InChI is InChI=1S/C20H17ClN2O3/c1-3-11-25-15-8-6-7-14(12-15)13-17(21)20-22-19(23-26-20)16-9-4-5-10-18(16)24-2/h3-10,12-13H,1,11H2,2H3/b17-13-. The molecule has 3 rings (SSSR count). The Labute approximate surface area is 156 Å². The number of hydrogen-bond acceptors (Lipinski definition) is 5. The van der Waals surface area contributed by atoms with Gasteiger partial charge in [-0.2, -0.15) is 4.98 Å². The molecule has 0 unspecified atom stereocenters. The smallest absolute Gasteiger partial charge is 0.269 e. The first-order valence-electron chi connectivity index (χ1n) is 7.89. The highest BCUT2D eigenvalue weighted by atomic mass is 35.5. The minimum atomic E-state index is 0.227. The maximum atomic E-state index is 6.35. The van der Waals surface area contributed by atoms with Crippen LogP contribution in [0.25, 0.3) is 22.5 Å². The summed E-state index contributed by atoms with van der Waals surface area (Å²) in [5.41, 5.74) is 1.59. The fourth-order valence-corrected chi connectivity index (χ4v) is 2.52. The van der Waals surface area contributed by atoms with E-state index in [4.69, 9.17) is 25.6 Å². The third-order valence-corrected chi connectivity index (χ3v) is 3.77. The molecule has 5 nitrogen and oxygen atoms in total. The van der Waals surface area contributed by atoms with E-state index in [1.54, 1.807) is 19.3 Å². The predicted octanol–water partition coefficient (Wildman–Crippen LogP) is 5.05. The van der Waals surface area contributed by atoms with E-state index in [0.717, 1.165) is 16.9 Å². The van der Waals surface area contributed by atoms with Crippen LogP contribution in [-0.4, -0.2) is 23.9 Å². The Morgan fingerprint density at radius 2 is 2.08 bits per heavy atom. The molecule has 0 fully saturated rings. The number of halogens is 1. The lowest BCUT2D eigenvalue weighted by atomic mass is 10.2. The van der Waals surface area contributed by atoms with Gasteiger partial charge in [0, 0.05) is 0 Å². The molecular weight excluding hydrogens is 352 g/mol. The highest BCUT2D eigenvalue weighted by molar-refractivity contribution is 6.50. The number of methoxy groups -OCH3 is 1. The summed E-state index contributed by atoms with van der Waals surface area (Å²) in [5.74, 6) is 2.02. The lowest BCUT2D eigenvalue weighted by Gasteiger charge is -2.03. The first-order valence-corrected chi connectivity index (χ1v) is 8.27. The molecular formula is C20H17ClN2O3. The lowest BCUT2D eigenvalue weighted by Crippen LogP contribution is -1.92. The zero-order valence-electron chi connectivity index (χ0n) is 14.2. The number of ether oxygens (including phenoxy) is 2. The summed E-state index contributed by atoms with van der Waals surface area (Å²) in [7, 11) is 1.59. The van der Waals surface area contributed by atoms with E-state index in [0.29, 0.717) is 23.2 Å². The van der Waals surface area contributed by atoms with Crippen molar-refractivity contribution in [3.63, 3.8) is 0 Å². The highest BCUT2D eigenvalue weighted by Crippen LogP contribution is 2.29. The van der Waals surface area contributed by atoms with E-state index in [1.807, 2.05) is 48.5 Å². The number of aromatic nitrogens is 2. The van der Waals surface area contributed by atoms with Gasteiger partial charge in [0.1, 0.15) is 23.1 Å². The number of rotatable bonds is 7. The maximum absolute atomic E-state index is 6.35. The van der Waals surface area contributed by atoms with Gasteiger partial charge in [-0.15, -0.1) is 0 Å². The van der Waals surface area contributed by atoms with E-state index in [1.165, 1.54) is 0 Å². The van der Waals surface area contributed by atoms with Crippen molar-refractivity contribution >= 4 is 22.7 Å². The highest BCUT2D eigenvalue weighted by Gasteiger charge is 2.14. The molecule has 132 valence electrons. The van der Waals surface area contributed by atoms with Gasteiger partial charge in [-0.05, 0) is 35.9 Å². The Bertz CT molecular complexity index is 934. The number of para-hydroxylation sites is 1. The van der Waals surface area contributed by atoms with Crippen LogP contribution in [0.5, 0.6) is 11.5 Å². The van der Waals surface area contributed by atoms with Gasteiger partial charge in [0.05, 0.1) is 12.7 Å². The van der Waals surface area contributed by atoms with Crippen molar-refractivity contribution < 1.29 is 14.0 Å². The largest absolute Gasteiger partial charge is 0.496 e. The van der Waals surface area contributed by atoms with Gasteiger partial charge in [0.2, 0.25) is 5.82 Å². The van der Waals surface area contributed by atoms with Crippen LogP contribution in [-0.2, 0) is 0 Å². The van der Waals surface area contributed by atoms with Crippen molar-refractivity contribution in [2.45, 2.75) is 0 Å². The molecule has 0 radical (unpaired) electrons. The summed E-state index contributed by atoms with van der Waals surface area (Å²) < 4.78 is 16.1. The van der Waals surface area contributed by atoms with Crippen molar-refractivity contribution in [2.75, 3.05) is 13.7 Å². The second-order valence-corrected chi connectivity index (χ2v) is 5.70. The molecule has 0 amide bonds. The molecule has 2 aromatic carbocycles. The second-order valence-electron chi connectivity index (χ2n) is 5.29. The normalized spacial score (nSPS) is 11.2. The quantitative estimate of drug-likeness (QED) is 0.546. The van der Waals surface area contributed by atoms with Crippen molar-refractivity contribution in [3.05, 3.63) is 72.6 Å². The summed E-state index contributed by atoms with van der Waals surface area (Å²) in [6.45, 7) is 4.07. The third-order valence-electron chi connectivity index (χ3n) is 3.50. The predicted molar refractivity (Wildman–Crippen MR) is 102 cm³/mol. The summed E-state index contributed by atoms with van der Waals surface area (Å²) in [6, 6.07) is 14.9. The van der Waals surface area contributed by atoms with Gasteiger partial charge in [0.15, 0.2) is 0 Å². The van der Waals surface area contributed by atoms with Crippen LogP contribution in [0.2, 0.25) is 0 Å². The molecule has 26 heavy (non-hydrogen) atoms. The van der Waals surface area contributed by atoms with Crippen LogP contribution in [0, 0.1) is 0 Å². The Kier molecular flexibility index (Phi) is 5.71. The van der Waals surface area contributed by atoms with Gasteiger partial charge >= 0.3 is 0 Å². The zero-order chi connectivity index (χ0) is 18.4. The Hall–Kier alpha value is -3.05. The van der Waals surface area contributed by atoms with Crippen LogP contribution in [0.4, 0.5) is 0 Å². The SMILES string of the molecule is C=CCOc1cccc(/C=C(\Cl)c2nc(-c3ccccc3OC)no2)c1. The third kappa shape index (κ3) is 4.13. The topological polar surface area (TPSA) is 57.4 Å². The van der Waals surface area contributed by atoms with E-state index in [2.05, 4.69) is 16.7 Å². The molecule has 0 aliphatic heterocycles. The minimum absolute atomic E-state index is 0.227. The molecule has 0 aliphatic rings. The molecule has 0 saturated carbocycles. The van der Waals surface area contributed by atoms with E-state index in [9.17, 15) is 0 Å². The average Bonchev–Trinajstić information content (AvgIpc) is 3.17. The van der Waals surface area contributed by atoms with Crippen molar-refractivity contribution in [1.29, 1.82) is 0 Å². The molecule has 0 aliphatic carbocycles. The summed E-state index contributed by atoms with van der Waals surface area (Å²) in [5, 5.41) is 4.32. The molecule has 0 N–H and O–H groups in total. The number of benzene rings is 2. The van der Waals surface area contributed by atoms with Gasteiger partial charge in [-0.3, -0.25) is 0 Å². The second kappa shape index (κ2) is 8.36. The fourth-order valence-electron chi connectivity index (χ4n) is 2.32. The van der Waals surface area contributed by atoms with Crippen LogP contribution >= 0.6 is 11.6 Å². The first kappa shape index (κ1) is 17.8. The molecule has 0 bridgehead atoms. The molecule has 1 aromatic heterocycles. The van der Waals surface area contributed by atoms with Crippen molar-refractivity contribution in [3.8, 4) is 22.9 Å². The van der Waals surface area contributed by atoms with E-state index < -0.39 is 0 Å². The first-order chi connectivity index (χ1) is 12.7. The van der Waals surface area contributed by atoms with Crippen LogP contribution < -0.4 is 9.47 Å². The van der Waals surface area contributed by atoms with Crippen LogP contribution in [0.1, 0.15) is 11.5 Å². The van der Waals surface area contributed by atoms with Gasteiger partial charge in [-0.25, -0.2) is 0 Å². The zero-order valence-corrected chi connectivity index (χ0v) is 14.9. The number of nitrogens with zero attached hydrogens (tertiary/aromatic N) is 2. The van der Waals surface area contributed by atoms with Crippen molar-refractivity contribution in [1.82, 2.24) is 10.1 Å². The molecule has 0 atom stereocenters. The summed E-state index contributed by atoms with van der Waals surface area (Å²) in [4.78, 5) is 4.35. The van der Waals surface area contributed by atoms with Crippen molar-refractivity contribution in [2.24, 2.45) is 0 Å². The average molecular weight is 369 g/mol. The summed E-state index contributed by atoms with van der Waals surface area (Å²) >= 11 is 6.35. The molecule has 6 heteroatoms. The minimum Gasteiger partial charge on any atom is -0.496 e. The Morgan fingerprint density at radius 3 is 2.88 bits per heavy atom. The fraction of sp³-hybridized carbons (Fsp3) is 0.100. The molecule has 3 aromatic rings. The van der Waals surface area contributed by atoms with Gasteiger partial charge in [-0.1, -0.05) is 53.7 Å². The molecule has 1 heterocycles. The monoisotopic (exact) mass is 368 g/mol. The molecule has 0 spiro atoms. The van der Waals surface area contributed by atoms with Gasteiger partial charge in [0.25, 0.3) is 5.89 Å². The number of hydrogen-bond donors (Lipinski definition) is 0. The summed E-state index contributed by atoms with van der Waals surface area (Å²) in [6.07, 6.45) is 3.43. The van der Waals surface area contributed by atoms with E-state index in [-0.39, 0.29) is 5.89 Å². The maximum Gasteiger partial charge on any atom is 0.269 e. The van der Waals surface area contributed by atoms with Crippen LogP contribution in [0.3, 0.4) is 0 Å². The van der Waals surface area contributed by atoms with E-state index >= 15 is 0 Å². The lowest BCUT2D eigenvalue weighted by molar-refractivity contribution is 0.363. The molecule has 0 saturated heterocycles. The van der Waals surface area contributed by atoms with Crippen LogP contribution in [0.15, 0.2) is 65.7 Å². The Balaban J connectivity index is 1.85.